The third kappa shape index (κ3) is 3.94. The summed E-state index contributed by atoms with van der Waals surface area (Å²) in [5, 5.41) is 3.72. The van der Waals surface area contributed by atoms with E-state index in [0.29, 0.717) is 5.13 Å². The van der Waals surface area contributed by atoms with Crippen LogP contribution in [0.4, 0.5) is 5.13 Å². The number of benzene rings is 3. The van der Waals surface area contributed by atoms with Crippen molar-refractivity contribution in [2.45, 2.75) is 26.7 Å². The zero-order valence-electron chi connectivity index (χ0n) is 16.8. The molecule has 0 fully saturated rings. The number of nitrogens with one attached hydrogen (secondary N) is 1. The predicted octanol–water partition coefficient (Wildman–Crippen LogP) is 6.40. The quantitative estimate of drug-likeness (QED) is 0.421. The molecule has 0 bridgehead atoms. The number of fused-ring (bicyclic) bond motifs is 1. The Morgan fingerprint density at radius 2 is 1.52 bits per heavy atom. The Hall–Kier alpha value is -2.98. The first-order chi connectivity index (χ1) is 13.9. The van der Waals surface area contributed by atoms with Crippen LogP contribution in [0.3, 0.4) is 0 Å². The monoisotopic (exact) mass is 400 g/mol. The molecule has 4 rings (SSSR count). The number of amides is 1. The highest BCUT2D eigenvalue weighted by molar-refractivity contribution is 7.22. The maximum absolute atomic E-state index is 13.4. The van der Waals surface area contributed by atoms with Gasteiger partial charge in [-0.15, -0.1) is 0 Å². The van der Waals surface area contributed by atoms with Gasteiger partial charge in [-0.05, 0) is 35.7 Å². The molecule has 1 aromatic heterocycles. The molecular weight excluding hydrogens is 376 g/mol. The van der Waals surface area contributed by atoms with Gasteiger partial charge in [-0.3, -0.25) is 4.79 Å². The second kappa shape index (κ2) is 7.80. The number of nitrogens with zero attached hydrogens (tertiary/aromatic N) is 1. The molecule has 29 heavy (non-hydrogen) atoms. The average Bonchev–Trinajstić information content (AvgIpc) is 3.11. The summed E-state index contributed by atoms with van der Waals surface area (Å²) < 4.78 is 1.08. The van der Waals surface area contributed by atoms with Crippen molar-refractivity contribution >= 4 is 32.6 Å². The van der Waals surface area contributed by atoms with Crippen LogP contribution in [0.2, 0.25) is 0 Å². The molecule has 0 spiro atoms. The lowest BCUT2D eigenvalue weighted by molar-refractivity contribution is -0.124. The zero-order valence-corrected chi connectivity index (χ0v) is 17.7. The Bertz CT molecular complexity index is 1090. The van der Waals surface area contributed by atoms with Crippen molar-refractivity contribution in [3.05, 3.63) is 95.6 Å². The maximum atomic E-state index is 13.4. The third-order valence-corrected chi connectivity index (χ3v) is 6.27. The number of hydrogen-bond acceptors (Lipinski definition) is 3. The summed E-state index contributed by atoms with van der Waals surface area (Å²) in [5.74, 6) is -0.104. The Morgan fingerprint density at radius 1 is 0.931 bits per heavy atom. The van der Waals surface area contributed by atoms with Gasteiger partial charge in [0.05, 0.1) is 15.6 Å². The van der Waals surface area contributed by atoms with Gasteiger partial charge >= 0.3 is 0 Å². The standard InChI is InChI=1S/C25H24N2OS/c1-17-14-15-20-21(16-17)29-24(26-20)27-23(28)25(2,3)22(18-10-6-4-7-11-18)19-12-8-5-9-13-19/h4-16,22H,1-3H3,(H,26,27,28). The summed E-state index contributed by atoms with van der Waals surface area (Å²) in [6.07, 6.45) is 0. The van der Waals surface area contributed by atoms with Gasteiger partial charge in [0.2, 0.25) is 5.91 Å². The van der Waals surface area contributed by atoms with Crippen molar-refractivity contribution in [1.82, 2.24) is 4.98 Å². The van der Waals surface area contributed by atoms with Crippen LogP contribution in [0.5, 0.6) is 0 Å². The van der Waals surface area contributed by atoms with E-state index in [-0.39, 0.29) is 11.8 Å². The molecular formula is C25H24N2OS. The van der Waals surface area contributed by atoms with Gasteiger partial charge in [-0.2, -0.15) is 0 Å². The third-order valence-electron chi connectivity index (χ3n) is 5.34. The van der Waals surface area contributed by atoms with Gasteiger partial charge in [-0.25, -0.2) is 4.98 Å². The number of hydrogen-bond donors (Lipinski definition) is 1. The molecule has 0 aliphatic rings. The summed E-state index contributed by atoms with van der Waals surface area (Å²) in [7, 11) is 0. The Balaban J connectivity index is 1.68. The van der Waals surface area contributed by atoms with Crippen LogP contribution in [-0.2, 0) is 4.79 Å². The van der Waals surface area contributed by atoms with Gasteiger partial charge in [0.1, 0.15) is 0 Å². The van der Waals surface area contributed by atoms with E-state index in [1.54, 1.807) is 0 Å². The molecule has 146 valence electrons. The van der Waals surface area contributed by atoms with Crippen LogP contribution in [0, 0.1) is 12.3 Å². The van der Waals surface area contributed by atoms with Gasteiger partial charge < -0.3 is 5.32 Å². The Kier molecular flexibility index (Phi) is 5.20. The number of thiazole rings is 1. The molecule has 1 heterocycles. The number of carbonyl (C=O) groups excluding carboxylic acids is 1. The van der Waals surface area contributed by atoms with E-state index < -0.39 is 5.41 Å². The minimum absolute atomic E-state index is 0.0361. The molecule has 4 heteroatoms. The highest BCUT2D eigenvalue weighted by atomic mass is 32.1. The minimum Gasteiger partial charge on any atom is -0.301 e. The fourth-order valence-corrected chi connectivity index (χ4v) is 4.75. The highest BCUT2D eigenvalue weighted by Gasteiger charge is 2.39. The first-order valence-corrected chi connectivity index (χ1v) is 10.6. The van der Waals surface area contributed by atoms with E-state index in [1.807, 2.05) is 62.4 Å². The molecule has 0 aliphatic heterocycles. The van der Waals surface area contributed by atoms with Crippen molar-refractivity contribution in [3.8, 4) is 0 Å². The molecule has 4 aromatic rings. The maximum Gasteiger partial charge on any atom is 0.232 e. The Morgan fingerprint density at radius 3 is 2.10 bits per heavy atom. The lowest BCUT2D eigenvalue weighted by Gasteiger charge is -2.33. The van der Waals surface area contributed by atoms with Crippen molar-refractivity contribution < 1.29 is 4.79 Å². The summed E-state index contributed by atoms with van der Waals surface area (Å²) >= 11 is 1.52. The van der Waals surface area contributed by atoms with Gasteiger partial charge in [0, 0.05) is 5.92 Å². The van der Waals surface area contributed by atoms with Crippen LogP contribution < -0.4 is 5.32 Å². The number of anilines is 1. The molecule has 0 saturated heterocycles. The number of aromatic nitrogens is 1. The SMILES string of the molecule is Cc1ccc2nc(NC(=O)C(C)(C)C(c3ccccc3)c3ccccc3)sc2c1. The van der Waals surface area contributed by atoms with Crippen LogP contribution in [0.1, 0.15) is 36.5 Å². The van der Waals surface area contributed by atoms with Crippen molar-refractivity contribution in [2.75, 3.05) is 5.32 Å². The van der Waals surface area contributed by atoms with Gasteiger partial charge in [0.25, 0.3) is 0 Å². The molecule has 0 unspecified atom stereocenters. The number of aryl methyl sites for hydroxylation is 1. The fraction of sp³-hybridized carbons (Fsp3) is 0.200. The van der Waals surface area contributed by atoms with Gasteiger partial charge in [-0.1, -0.05) is 91.9 Å². The van der Waals surface area contributed by atoms with Crippen molar-refractivity contribution in [3.63, 3.8) is 0 Å². The fourth-order valence-electron chi connectivity index (χ4n) is 3.79. The van der Waals surface area contributed by atoms with Crippen molar-refractivity contribution in [1.29, 1.82) is 0 Å². The molecule has 0 atom stereocenters. The molecule has 1 amide bonds. The second-order valence-corrected chi connectivity index (χ2v) is 8.95. The van der Waals surface area contributed by atoms with E-state index in [9.17, 15) is 4.79 Å². The molecule has 3 aromatic carbocycles. The molecule has 0 radical (unpaired) electrons. The number of carbonyl (C=O) groups is 1. The molecule has 1 N–H and O–H groups in total. The lowest BCUT2D eigenvalue weighted by Crippen LogP contribution is -2.37. The van der Waals surface area contributed by atoms with Crippen LogP contribution in [-0.4, -0.2) is 10.9 Å². The smallest absolute Gasteiger partial charge is 0.232 e. The first-order valence-electron chi connectivity index (χ1n) is 9.74. The Labute approximate surface area is 175 Å². The highest BCUT2D eigenvalue weighted by Crippen LogP contribution is 2.42. The number of rotatable bonds is 5. The minimum atomic E-state index is -0.670. The second-order valence-electron chi connectivity index (χ2n) is 7.92. The van der Waals surface area contributed by atoms with Gasteiger partial charge in [0.15, 0.2) is 5.13 Å². The van der Waals surface area contributed by atoms with Crippen molar-refractivity contribution in [2.24, 2.45) is 5.41 Å². The predicted molar refractivity (Wildman–Crippen MR) is 121 cm³/mol. The average molecular weight is 401 g/mol. The summed E-state index contributed by atoms with van der Waals surface area (Å²) in [6, 6.07) is 26.6. The molecule has 3 nitrogen and oxygen atoms in total. The summed E-state index contributed by atoms with van der Waals surface area (Å²) in [6.45, 7) is 6.07. The molecule has 0 saturated carbocycles. The molecule has 0 aliphatic carbocycles. The normalized spacial score (nSPS) is 11.7. The van der Waals surface area contributed by atoms with E-state index in [4.69, 9.17) is 0 Å². The largest absolute Gasteiger partial charge is 0.301 e. The van der Waals surface area contributed by atoms with Crippen LogP contribution >= 0.6 is 11.3 Å². The first kappa shape index (κ1) is 19.3. The van der Waals surface area contributed by atoms with Crippen LogP contribution in [0.25, 0.3) is 10.2 Å². The van der Waals surface area contributed by atoms with E-state index in [0.717, 1.165) is 21.3 Å². The van der Waals surface area contributed by atoms with E-state index >= 15 is 0 Å². The summed E-state index contributed by atoms with van der Waals surface area (Å²) in [4.78, 5) is 18.0. The lowest BCUT2D eigenvalue weighted by atomic mass is 9.70. The van der Waals surface area contributed by atoms with Crippen LogP contribution in [0.15, 0.2) is 78.9 Å². The van der Waals surface area contributed by atoms with E-state index in [1.165, 1.54) is 16.9 Å². The summed E-state index contributed by atoms with van der Waals surface area (Å²) in [5.41, 5.74) is 3.68. The van der Waals surface area contributed by atoms with E-state index in [2.05, 4.69) is 47.6 Å². The zero-order chi connectivity index (χ0) is 20.4. The topological polar surface area (TPSA) is 42.0 Å².